The molecule has 0 aliphatic rings. The number of hydrogen-bond donors (Lipinski definition) is 2. The normalized spacial score (nSPS) is 11.6. The van der Waals surface area contributed by atoms with Gasteiger partial charge in [-0.1, -0.05) is 20.8 Å². The fourth-order valence-electron chi connectivity index (χ4n) is 2.11. The van der Waals surface area contributed by atoms with Crippen molar-refractivity contribution < 1.29 is 4.79 Å². The molecule has 1 heterocycles. The van der Waals surface area contributed by atoms with Crippen LogP contribution in [0, 0.1) is 10.9 Å². The number of amides is 1. The lowest BCUT2D eigenvalue weighted by atomic mass is 9.89. The average molecular weight is 286 g/mol. The summed E-state index contributed by atoms with van der Waals surface area (Å²) in [5, 5.41) is 3.18. The summed E-state index contributed by atoms with van der Waals surface area (Å²) in [6, 6.07) is 0. The molecule has 1 aromatic rings. The van der Waals surface area contributed by atoms with E-state index in [0.29, 0.717) is 6.42 Å². The second-order valence-corrected chi connectivity index (χ2v) is 6.40. The third kappa shape index (κ3) is 3.65. The van der Waals surface area contributed by atoms with Gasteiger partial charge in [0.05, 0.1) is 6.42 Å². The third-order valence-electron chi connectivity index (χ3n) is 3.68. The van der Waals surface area contributed by atoms with E-state index in [4.69, 9.17) is 12.2 Å². The minimum atomic E-state index is -0.0528. The first-order valence-corrected chi connectivity index (χ1v) is 7.68. The van der Waals surface area contributed by atoms with E-state index in [9.17, 15) is 4.79 Å². The van der Waals surface area contributed by atoms with Crippen molar-refractivity contribution in [2.75, 3.05) is 0 Å². The van der Waals surface area contributed by atoms with E-state index in [0.717, 1.165) is 33.8 Å². The zero-order chi connectivity index (χ0) is 13.8. The van der Waals surface area contributed by atoms with Gasteiger partial charge in [0.15, 0.2) is 3.95 Å². The maximum Gasteiger partial charge on any atom is 0.225 e. The number of aromatic amines is 1. The highest BCUT2D eigenvalue weighted by Gasteiger charge is 2.26. The molecule has 0 radical (unpaired) electrons. The minimum absolute atomic E-state index is 0.0528. The van der Waals surface area contributed by atoms with Crippen LogP contribution in [0.25, 0.3) is 0 Å². The molecule has 3 nitrogen and oxygen atoms in total. The Balaban J connectivity index is 2.72. The van der Waals surface area contributed by atoms with Crippen LogP contribution in [-0.4, -0.2) is 16.4 Å². The van der Waals surface area contributed by atoms with Gasteiger partial charge in [0, 0.05) is 16.1 Å². The molecule has 1 aromatic heterocycles. The molecule has 0 aliphatic heterocycles. The number of aryl methyl sites for hydroxylation is 1. The highest BCUT2D eigenvalue weighted by Crippen LogP contribution is 2.20. The number of rotatable bonds is 6. The SMILES string of the molecule is CCC(CC)(CC)NC(=O)Cc1sc(=S)[nH]c1C. The molecule has 0 bridgehead atoms. The maximum absolute atomic E-state index is 12.1. The Morgan fingerprint density at radius 1 is 1.33 bits per heavy atom. The van der Waals surface area contributed by atoms with Crippen LogP contribution in [-0.2, 0) is 11.2 Å². The van der Waals surface area contributed by atoms with E-state index >= 15 is 0 Å². The minimum Gasteiger partial charge on any atom is -0.350 e. The van der Waals surface area contributed by atoms with E-state index < -0.39 is 0 Å². The second kappa shape index (κ2) is 6.48. The Bertz CT molecular complexity index is 450. The van der Waals surface area contributed by atoms with Gasteiger partial charge in [-0.15, -0.1) is 11.3 Å². The van der Waals surface area contributed by atoms with Gasteiger partial charge in [-0.05, 0) is 38.4 Å². The van der Waals surface area contributed by atoms with Gasteiger partial charge in [0.2, 0.25) is 5.91 Å². The monoisotopic (exact) mass is 286 g/mol. The quantitative estimate of drug-likeness (QED) is 0.782. The fraction of sp³-hybridized carbons (Fsp3) is 0.692. The van der Waals surface area contributed by atoms with Crippen molar-refractivity contribution in [3.63, 3.8) is 0 Å². The molecule has 2 N–H and O–H groups in total. The molecule has 0 fully saturated rings. The summed E-state index contributed by atoms with van der Waals surface area (Å²) in [4.78, 5) is 16.2. The molecule has 0 spiro atoms. The first kappa shape index (κ1) is 15.4. The van der Waals surface area contributed by atoms with Crippen LogP contribution in [0.1, 0.15) is 50.6 Å². The summed E-state index contributed by atoms with van der Waals surface area (Å²) in [5.74, 6) is 0.0916. The summed E-state index contributed by atoms with van der Waals surface area (Å²) in [7, 11) is 0. The van der Waals surface area contributed by atoms with Crippen LogP contribution in [0.4, 0.5) is 0 Å². The molecular weight excluding hydrogens is 264 g/mol. The van der Waals surface area contributed by atoms with Crippen molar-refractivity contribution in [1.82, 2.24) is 10.3 Å². The molecule has 0 unspecified atom stereocenters. The number of thiazole rings is 1. The standard InChI is InChI=1S/C13H22N2OS2/c1-5-13(6-2,7-3)15-11(16)8-10-9(4)14-12(17)18-10/h5-8H2,1-4H3,(H,14,17)(H,15,16). The predicted molar refractivity (Wildman–Crippen MR) is 79.7 cm³/mol. The predicted octanol–water partition coefficient (Wildman–Crippen LogP) is 3.74. The van der Waals surface area contributed by atoms with Gasteiger partial charge < -0.3 is 10.3 Å². The zero-order valence-corrected chi connectivity index (χ0v) is 13.2. The van der Waals surface area contributed by atoms with Crippen LogP contribution >= 0.6 is 23.6 Å². The third-order valence-corrected chi connectivity index (χ3v) is 5.02. The second-order valence-electron chi connectivity index (χ2n) is 4.63. The van der Waals surface area contributed by atoms with Crippen molar-refractivity contribution in [1.29, 1.82) is 0 Å². The topological polar surface area (TPSA) is 44.9 Å². The van der Waals surface area contributed by atoms with E-state index in [1.807, 2.05) is 6.92 Å². The van der Waals surface area contributed by atoms with Crippen molar-refractivity contribution in [2.45, 2.75) is 58.9 Å². The number of aromatic nitrogens is 1. The van der Waals surface area contributed by atoms with E-state index in [-0.39, 0.29) is 11.4 Å². The molecular formula is C13H22N2OS2. The van der Waals surface area contributed by atoms with Gasteiger partial charge in [-0.2, -0.15) is 0 Å². The first-order valence-electron chi connectivity index (χ1n) is 6.46. The first-order chi connectivity index (χ1) is 8.46. The van der Waals surface area contributed by atoms with Gasteiger partial charge in [-0.25, -0.2) is 0 Å². The number of nitrogens with one attached hydrogen (secondary N) is 2. The molecule has 18 heavy (non-hydrogen) atoms. The number of H-pyrrole nitrogens is 1. The van der Waals surface area contributed by atoms with Gasteiger partial charge in [0.1, 0.15) is 0 Å². The summed E-state index contributed by atoms with van der Waals surface area (Å²) >= 11 is 6.57. The number of hydrogen-bond acceptors (Lipinski definition) is 3. The molecule has 0 aliphatic carbocycles. The lowest BCUT2D eigenvalue weighted by Gasteiger charge is -2.31. The van der Waals surface area contributed by atoms with Crippen molar-refractivity contribution in [3.8, 4) is 0 Å². The summed E-state index contributed by atoms with van der Waals surface area (Å²) in [6.07, 6.45) is 3.32. The van der Waals surface area contributed by atoms with Gasteiger partial charge >= 0.3 is 0 Å². The van der Waals surface area contributed by atoms with Crippen molar-refractivity contribution in [2.24, 2.45) is 0 Å². The molecule has 0 atom stereocenters. The van der Waals surface area contributed by atoms with Gasteiger partial charge in [0.25, 0.3) is 0 Å². The average Bonchev–Trinajstić information content (AvgIpc) is 2.65. The molecule has 5 heteroatoms. The van der Waals surface area contributed by atoms with Crippen LogP contribution in [0.3, 0.4) is 0 Å². The Morgan fingerprint density at radius 2 is 1.89 bits per heavy atom. The molecule has 1 amide bonds. The van der Waals surface area contributed by atoms with Crippen LogP contribution in [0.5, 0.6) is 0 Å². The molecule has 0 aromatic carbocycles. The van der Waals surface area contributed by atoms with Gasteiger partial charge in [-0.3, -0.25) is 4.79 Å². The molecule has 0 saturated carbocycles. The summed E-state index contributed by atoms with van der Waals surface area (Å²) in [6.45, 7) is 8.33. The Hall–Kier alpha value is -0.680. The summed E-state index contributed by atoms with van der Waals surface area (Å²) < 4.78 is 0.739. The largest absolute Gasteiger partial charge is 0.350 e. The fourth-order valence-corrected chi connectivity index (χ4v) is 3.40. The van der Waals surface area contributed by atoms with E-state index in [1.54, 1.807) is 0 Å². The van der Waals surface area contributed by atoms with Crippen LogP contribution < -0.4 is 5.32 Å². The van der Waals surface area contributed by atoms with Crippen molar-refractivity contribution >= 4 is 29.5 Å². The highest BCUT2D eigenvalue weighted by atomic mass is 32.1. The number of carbonyl (C=O) groups is 1. The van der Waals surface area contributed by atoms with E-state index in [1.165, 1.54) is 11.3 Å². The molecule has 0 saturated heterocycles. The van der Waals surface area contributed by atoms with Crippen LogP contribution in [0.15, 0.2) is 0 Å². The van der Waals surface area contributed by atoms with E-state index in [2.05, 4.69) is 31.1 Å². The summed E-state index contributed by atoms with van der Waals surface area (Å²) in [5.41, 5.74) is 0.957. The Morgan fingerprint density at radius 3 is 2.28 bits per heavy atom. The van der Waals surface area contributed by atoms with Crippen LogP contribution in [0.2, 0.25) is 0 Å². The lowest BCUT2D eigenvalue weighted by Crippen LogP contribution is -2.47. The zero-order valence-electron chi connectivity index (χ0n) is 11.6. The number of carbonyl (C=O) groups excluding carboxylic acids is 1. The smallest absolute Gasteiger partial charge is 0.225 e. The van der Waals surface area contributed by atoms with Crippen molar-refractivity contribution in [3.05, 3.63) is 14.5 Å². The molecule has 102 valence electrons. The highest BCUT2D eigenvalue weighted by molar-refractivity contribution is 7.73. The Kier molecular flexibility index (Phi) is 5.53. The lowest BCUT2D eigenvalue weighted by molar-refractivity contribution is -0.122. The molecule has 1 rings (SSSR count). The maximum atomic E-state index is 12.1. The Labute approximate surface area is 118 Å².